The maximum absolute atomic E-state index is 12.3. The zero-order valence-electron chi connectivity index (χ0n) is 8.87. The van der Waals surface area contributed by atoms with Gasteiger partial charge in [0.1, 0.15) is 0 Å². The fourth-order valence-electron chi connectivity index (χ4n) is 1.27. The minimum Gasteiger partial charge on any atom is -0.372 e. The van der Waals surface area contributed by atoms with Crippen molar-refractivity contribution >= 4 is 0 Å². The van der Waals surface area contributed by atoms with E-state index in [2.05, 4.69) is 0 Å². The van der Waals surface area contributed by atoms with Gasteiger partial charge in [-0.15, -0.1) is 0 Å². The summed E-state index contributed by atoms with van der Waals surface area (Å²) in [5.74, 6) is 0. The second kappa shape index (κ2) is 4.40. The fourth-order valence-corrected chi connectivity index (χ4v) is 1.27. The van der Waals surface area contributed by atoms with Gasteiger partial charge in [0.15, 0.2) is 0 Å². The number of hydrogen-bond acceptors (Lipinski definition) is 2. The lowest BCUT2D eigenvalue weighted by molar-refractivity contribution is -0.375. The van der Waals surface area contributed by atoms with Gasteiger partial charge in [-0.1, -0.05) is 13.8 Å². The van der Waals surface area contributed by atoms with Crippen LogP contribution in [0.25, 0.3) is 0 Å². The molecule has 0 spiro atoms. The number of halogens is 6. The van der Waals surface area contributed by atoms with E-state index in [-0.39, 0.29) is 0 Å². The Labute approximate surface area is 88.6 Å². The molecule has 0 amide bonds. The van der Waals surface area contributed by atoms with Crippen LogP contribution >= 0.6 is 0 Å². The van der Waals surface area contributed by atoms with Crippen molar-refractivity contribution in [2.45, 2.75) is 50.8 Å². The van der Waals surface area contributed by atoms with Crippen LogP contribution in [-0.2, 0) is 0 Å². The van der Waals surface area contributed by atoms with Crippen LogP contribution in [0.5, 0.6) is 0 Å². The average molecular weight is 253 g/mol. The van der Waals surface area contributed by atoms with E-state index in [0.29, 0.717) is 6.92 Å². The van der Waals surface area contributed by atoms with E-state index in [4.69, 9.17) is 5.11 Å². The molecule has 0 rings (SSSR count). The molecule has 1 atom stereocenters. The molecule has 0 saturated carbocycles. The van der Waals surface area contributed by atoms with Crippen molar-refractivity contribution in [3.8, 4) is 0 Å². The molecule has 2 N–H and O–H groups in total. The maximum Gasteiger partial charge on any atom is 0.427 e. The topological polar surface area (TPSA) is 32.3 Å². The molecular weight excluding hydrogens is 240 g/mol. The molecule has 0 aromatic rings. The van der Waals surface area contributed by atoms with Crippen molar-refractivity contribution in [2.75, 3.05) is 0 Å². The molecule has 2 nitrogen and oxygen atoms in total. The molecule has 98 valence electrons. The molecule has 8 heteroatoms. The quantitative estimate of drug-likeness (QED) is 0.756. The summed E-state index contributed by atoms with van der Waals surface area (Å²) in [5.41, 5.74) is -4.75. The van der Waals surface area contributed by atoms with Crippen LogP contribution in [0.2, 0.25) is 0 Å². The van der Waals surface area contributed by atoms with E-state index in [1.807, 2.05) is 5.32 Å². The summed E-state index contributed by atoms with van der Waals surface area (Å²) in [6, 6.07) is -2.81. The first-order valence-electron chi connectivity index (χ1n) is 4.46. The van der Waals surface area contributed by atoms with Crippen LogP contribution in [0.15, 0.2) is 0 Å². The van der Waals surface area contributed by atoms with Crippen LogP contribution in [0.3, 0.4) is 0 Å². The van der Waals surface area contributed by atoms with Crippen LogP contribution in [0.4, 0.5) is 26.3 Å². The summed E-state index contributed by atoms with van der Waals surface area (Å²) in [4.78, 5) is 0. The van der Waals surface area contributed by atoms with E-state index in [9.17, 15) is 26.3 Å². The molecule has 0 radical (unpaired) electrons. The van der Waals surface area contributed by atoms with Gasteiger partial charge >= 0.3 is 12.4 Å². The Kier molecular flexibility index (Phi) is 4.26. The van der Waals surface area contributed by atoms with Crippen molar-refractivity contribution in [2.24, 2.45) is 0 Å². The zero-order valence-corrected chi connectivity index (χ0v) is 8.87. The summed E-state index contributed by atoms with van der Waals surface area (Å²) in [6.07, 6.45) is -11.6. The third-order valence-corrected chi connectivity index (χ3v) is 2.07. The Balaban J connectivity index is 5.27. The van der Waals surface area contributed by atoms with Gasteiger partial charge < -0.3 is 10.4 Å². The Morgan fingerprint density at radius 2 is 1.19 bits per heavy atom. The number of nitrogens with one attached hydrogen (secondary N) is 1. The highest BCUT2D eigenvalue weighted by Crippen LogP contribution is 2.45. The largest absolute Gasteiger partial charge is 0.427 e. The normalized spacial score (nSPS) is 16.7. The lowest BCUT2D eigenvalue weighted by atomic mass is 9.93. The van der Waals surface area contributed by atoms with Crippen molar-refractivity contribution in [1.29, 1.82) is 0 Å². The Morgan fingerprint density at radius 3 is 1.38 bits per heavy atom. The molecule has 0 heterocycles. The zero-order chi connectivity index (χ0) is 13.4. The maximum atomic E-state index is 12.3. The molecule has 16 heavy (non-hydrogen) atoms. The molecule has 0 unspecified atom stereocenters. The SMILES string of the molecule is CC(C)N[C@H](C)C(O)(C(F)(F)F)C(F)(F)F. The highest BCUT2D eigenvalue weighted by molar-refractivity contribution is 5.01. The first-order chi connectivity index (χ1) is 6.84. The Morgan fingerprint density at radius 1 is 0.875 bits per heavy atom. The van der Waals surface area contributed by atoms with Gasteiger partial charge in [0.25, 0.3) is 5.60 Å². The summed E-state index contributed by atoms with van der Waals surface area (Å²) >= 11 is 0. The minimum atomic E-state index is -5.79. The predicted molar refractivity (Wildman–Crippen MR) is 44.8 cm³/mol. The molecule has 0 saturated heterocycles. The molecular formula is C8H13F6NO. The van der Waals surface area contributed by atoms with E-state index in [0.717, 1.165) is 0 Å². The summed E-state index contributed by atoms with van der Waals surface area (Å²) in [5, 5.41) is 10.9. The molecule has 0 aromatic heterocycles. The molecule has 0 aliphatic rings. The molecule has 0 aliphatic carbocycles. The van der Waals surface area contributed by atoms with Crippen LogP contribution in [0, 0.1) is 0 Å². The number of aliphatic hydroxyl groups is 1. The number of hydrogen-bond donors (Lipinski definition) is 2. The van der Waals surface area contributed by atoms with Gasteiger partial charge in [-0.3, -0.25) is 0 Å². The Bertz CT molecular complexity index is 220. The molecule has 0 aliphatic heterocycles. The number of alkyl halides is 6. The molecule has 0 bridgehead atoms. The van der Waals surface area contributed by atoms with Gasteiger partial charge in [-0.05, 0) is 6.92 Å². The third-order valence-electron chi connectivity index (χ3n) is 2.07. The van der Waals surface area contributed by atoms with E-state index < -0.39 is 30.0 Å². The van der Waals surface area contributed by atoms with Crippen LogP contribution in [-0.4, -0.2) is 35.1 Å². The van der Waals surface area contributed by atoms with Crippen molar-refractivity contribution < 1.29 is 31.4 Å². The average Bonchev–Trinajstić information content (AvgIpc) is 1.96. The van der Waals surface area contributed by atoms with Crippen LogP contribution < -0.4 is 5.32 Å². The van der Waals surface area contributed by atoms with Crippen LogP contribution in [0.1, 0.15) is 20.8 Å². The first-order valence-corrected chi connectivity index (χ1v) is 4.46. The van der Waals surface area contributed by atoms with Crippen molar-refractivity contribution in [3.63, 3.8) is 0 Å². The van der Waals surface area contributed by atoms with Crippen molar-refractivity contribution in [3.05, 3.63) is 0 Å². The first kappa shape index (κ1) is 15.5. The van der Waals surface area contributed by atoms with E-state index in [1.54, 1.807) is 0 Å². The van der Waals surface area contributed by atoms with Gasteiger partial charge in [-0.2, -0.15) is 26.3 Å². The third kappa shape index (κ3) is 2.79. The van der Waals surface area contributed by atoms with Gasteiger partial charge in [-0.25, -0.2) is 0 Å². The van der Waals surface area contributed by atoms with Gasteiger partial charge in [0.2, 0.25) is 0 Å². The van der Waals surface area contributed by atoms with Gasteiger partial charge in [0, 0.05) is 6.04 Å². The van der Waals surface area contributed by atoms with E-state index in [1.165, 1.54) is 13.8 Å². The van der Waals surface area contributed by atoms with E-state index >= 15 is 0 Å². The smallest absolute Gasteiger partial charge is 0.372 e. The highest BCUT2D eigenvalue weighted by atomic mass is 19.4. The van der Waals surface area contributed by atoms with Crippen molar-refractivity contribution in [1.82, 2.24) is 5.32 Å². The predicted octanol–water partition coefficient (Wildman–Crippen LogP) is 2.23. The standard InChI is InChI=1S/C8H13F6NO/c1-4(2)15-5(3)6(16,7(9,10)11)8(12,13)14/h4-5,15-16H,1-3H3/t5-/m1/s1. The Hall–Kier alpha value is -0.500. The summed E-state index contributed by atoms with van der Waals surface area (Å²) in [6.45, 7) is 3.40. The fraction of sp³-hybridized carbons (Fsp3) is 1.00. The second-order valence-electron chi connectivity index (χ2n) is 3.80. The lowest BCUT2D eigenvalue weighted by Gasteiger charge is -2.38. The number of rotatable bonds is 3. The summed E-state index contributed by atoms with van der Waals surface area (Å²) < 4.78 is 73.7. The molecule has 0 aromatic carbocycles. The lowest BCUT2D eigenvalue weighted by Crippen LogP contribution is -2.67. The highest BCUT2D eigenvalue weighted by Gasteiger charge is 2.72. The molecule has 0 fully saturated rings. The minimum absolute atomic E-state index is 0.619. The van der Waals surface area contributed by atoms with Gasteiger partial charge in [0.05, 0.1) is 6.04 Å². The monoisotopic (exact) mass is 253 g/mol. The summed E-state index contributed by atoms with van der Waals surface area (Å²) in [7, 11) is 0. The second-order valence-corrected chi connectivity index (χ2v) is 3.80.